The molecule has 1 heterocycles. The molecule has 0 spiro atoms. The molecule has 0 amide bonds. The number of hydrogen-bond acceptors (Lipinski definition) is 2. The molecule has 0 saturated heterocycles. The Morgan fingerprint density at radius 1 is 0.800 bits per heavy atom. The zero-order valence-corrected chi connectivity index (χ0v) is 14.0. The minimum absolute atomic E-state index is 0.523. The van der Waals surface area contributed by atoms with Crippen molar-refractivity contribution in [2.45, 2.75) is 0 Å². The van der Waals surface area contributed by atoms with Gasteiger partial charge in [-0.2, -0.15) is 0 Å². The van der Waals surface area contributed by atoms with Crippen molar-refractivity contribution in [1.29, 1.82) is 0 Å². The Morgan fingerprint density at radius 2 is 1.30 bits per heavy atom. The molecule has 0 aliphatic heterocycles. The van der Waals surface area contributed by atoms with Gasteiger partial charge in [0.05, 0.1) is 0 Å². The van der Waals surface area contributed by atoms with Crippen molar-refractivity contribution in [3.05, 3.63) is 62.5 Å². The van der Waals surface area contributed by atoms with E-state index < -0.39 is 0 Å². The molecule has 1 aromatic heterocycles. The van der Waals surface area contributed by atoms with Crippen molar-refractivity contribution in [2.24, 2.45) is 0 Å². The van der Waals surface area contributed by atoms with Crippen molar-refractivity contribution in [1.82, 2.24) is 5.16 Å². The molecule has 0 saturated carbocycles. The molecule has 0 aliphatic carbocycles. The van der Waals surface area contributed by atoms with Crippen molar-refractivity contribution < 1.29 is 4.52 Å². The molecule has 20 heavy (non-hydrogen) atoms. The Balaban J connectivity index is 2.04. The monoisotopic (exact) mass is 411 g/mol. The summed E-state index contributed by atoms with van der Waals surface area (Å²) in [6.45, 7) is 0. The van der Waals surface area contributed by atoms with Gasteiger partial charge >= 0.3 is 0 Å². The van der Waals surface area contributed by atoms with Crippen LogP contribution in [0.1, 0.15) is 0 Å². The highest BCUT2D eigenvalue weighted by atomic mass is 79.9. The third-order valence-corrected chi connectivity index (χ3v) is 4.27. The molecule has 3 rings (SSSR count). The summed E-state index contributed by atoms with van der Waals surface area (Å²) in [5.41, 5.74) is 2.47. The van der Waals surface area contributed by atoms with Crippen molar-refractivity contribution in [3.63, 3.8) is 0 Å². The second-order valence-corrected chi connectivity index (χ2v) is 6.40. The number of hydrogen-bond donors (Lipinski definition) is 0. The van der Waals surface area contributed by atoms with Crippen LogP contribution in [0.3, 0.4) is 0 Å². The fourth-order valence-corrected chi connectivity index (χ4v) is 2.66. The van der Waals surface area contributed by atoms with Crippen LogP contribution in [-0.4, -0.2) is 5.16 Å². The number of nitrogens with zero attached hydrogens (tertiary/aromatic N) is 1. The summed E-state index contributed by atoms with van der Waals surface area (Å²) in [6.07, 6.45) is 0. The highest BCUT2D eigenvalue weighted by Gasteiger charge is 2.17. The average Bonchev–Trinajstić information content (AvgIpc) is 2.83. The lowest BCUT2D eigenvalue weighted by molar-refractivity contribution is 0.435. The van der Waals surface area contributed by atoms with E-state index in [0.29, 0.717) is 16.5 Å². The Labute approximate surface area is 138 Å². The third kappa shape index (κ3) is 2.68. The third-order valence-electron chi connectivity index (χ3n) is 2.86. The number of halogens is 3. The molecule has 2 nitrogen and oxygen atoms in total. The van der Waals surface area contributed by atoms with Crippen LogP contribution in [0.2, 0.25) is 5.02 Å². The van der Waals surface area contributed by atoms with E-state index in [1.807, 2.05) is 48.5 Å². The van der Waals surface area contributed by atoms with Gasteiger partial charge in [0, 0.05) is 20.1 Å². The molecule has 0 unspecified atom stereocenters. The first-order chi connectivity index (χ1) is 9.65. The van der Waals surface area contributed by atoms with Gasteiger partial charge in [-0.1, -0.05) is 60.8 Å². The van der Waals surface area contributed by atoms with E-state index >= 15 is 0 Å². The molecule has 0 atom stereocenters. The largest absolute Gasteiger partial charge is 0.354 e. The van der Waals surface area contributed by atoms with E-state index in [0.717, 1.165) is 20.1 Å². The summed E-state index contributed by atoms with van der Waals surface area (Å²) in [5.74, 6) is 0.581. The molecule has 0 N–H and O–H groups in total. The van der Waals surface area contributed by atoms with E-state index in [4.69, 9.17) is 16.1 Å². The first-order valence-corrected chi connectivity index (χ1v) is 7.78. The van der Waals surface area contributed by atoms with Crippen LogP contribution >= 0.6 is 43.5 Å². The molecule has 3 aromatic rings. The summed E-state index contributed by atoms with van der Waals surface area (Å²) in [5, 5.41) is 4.60. The van der Waals surface area contributed by atoms with Gasteiger partial charge in [0.15, 0.2) is 5.76 Å². The molecule has 5 heteroatoms. The zero-order valence-electron chi connectivity index (χ0n) is 10.1. The average molecular weight is 413 g/mol. The molecule has 0 radical (unpaired) electrons. The SMILES string of the molecule is Clc1c(-c2ccc(Br)cc2)noc1-c1ccc(Br)cc1. The Hall–Kier alpha value is -1.10. The Bertz CT molecular complexity index is 673. The van der Waals surface area contributed by atoms with E-state index in [1.54, 1.807) is 0 Å². The minimum atomic E-state index is 0.523. The fourth-order valence-electron chi connectivity index (χ4n) is 1.85. The van der Waals surface area contributed by atoms with Gasteiger partial charge in [-0.3, -0.25) is 0 Å². The second kappa shape index (κ2) is 5.72. The zero-order chi connectivity index (χ0) is 14.1. The summed E-state index contributed by atoms with van der Waals surface area (Å²) >= 11 is 13.2. The summed E-state index contributed by atoms with van der Waals surface area (Å²) < 4.78 is 7.41. The molecular formula is C15H8Br2ClNO. The summed E-state index contributed by atoms with van der Waals surface area (Å²) in [6, 6.07) is 15.5. The van der Waals surface area contributed by atoms with Gasteiger partial charge < -0.3 is 4.52 Å². The molecule has 0 bridgehead atoms. The molecule has 2 aromatic carbocycles. The van der Waals surface area contributed by atoms with Gasteiger partial charge in [-0.05, 0) is 36.4 Å². The maximum absolute atomic E-state index is 6.39. The number of benzene rings is 2. The highest BCUT2D eigenvalue weighted by molar-refractivity contribution is 9.10. The van der Waals surface area contributed by atoms with E-state index in [1.165, 1.54) is 0 Å². The van der Waals surface area contributed by atoms with Crippen LogP contribution in [-0.2, 0) is 0 Å². The summed E-state index contributed by atoms with van der Waals surface area (Å²) in [4.78, 5) is 0. The quantitative estimate of drug-likeness (QED) is 0.501. The maximum Gasteiger partial charge on any atom is 0.186 e. The van der Waals surface area contributed by atoms with Gasteiger partial charge in [-0.25, -0.2) is 0 Å². The smallest absolute Gasteiger partial charge is 0.186 e. The lowest BCUT2D eigenvalue weighted by Gasteiger charge is -1.98. The van der Waals surface area contributed by atoms with Crippen LogP contribution in [0.15, 0.2) is 62.0 Å². The number of aromatic nitrogens is 1. The van der Waals surface area contributed by atoms with Crippen LogP contribution in [0.5, 0.6) is 0 Å². The van der Waals surface area contributed by atoms with Crippen molar-refractivity contribution in [3.8, 4) is 22.6 Å². The van der Waals surface area contributed by atoms with Crippen molar-refractivity contribution >= 4 is 43.5 Å². The van der Waals surface area contributed by atoms with Crippen molar-refractivity contribution in [2.75, 3.05) is 0 Å². The fraction of sp³-hybridized carbons (Fsp3) is 0. The van der Waals surface area contributed by atoms with Crippen LogP contribution in [0.4, 0.5) is 0 Å². The van der Waals surface area contributed by atoms with Gasteiger partial charge in [0.1, 0.15) is 10.7 Å². The van der Waals surface area contributed by atoms with Gasteiger partial charge in [-0.15, -0.1) is 0 Å². The molecular weight excluding hydrogens is 405 g/mol. The van der Waals surface area contributed by atoms with Crippen LogP contribution < -0.4 is 0 Å². The molecule has 0 fully saturated rings. The Kier molecular flexibility index (Phi) is 3.96. The standard InChI is InChI=1S/C15H8Br2ClNO/c16-11-5-1-9(2-6-11)14-13(18)15(20-19-14)10-3-7-12(17)8-4-10/h1-8H. The normalized spacial score (nSPS) is 10.8. The van der Waals surface area contributed by atoms with E-state index in [-0.39, 0.29) is 0 Å². The lowest BCUT2D eigenvalue weighted by Crippen LogP contribution is -1.78. The molecule has 0 aliphatic rings. The lowest BCUT2D eigenvalue weighted by atomic mass is 10.1. The van der Waals surface area contributed by atoms with Crippen LogP contribution in [0.25, 0.3) is 22.6 Å². The Morgan fingerprint density at radius 3 is 1.85 bits per heavy atom. The molecule has 100 valence electrons. The second-order valence-electron chi connectivity index (χ2n) is 4.19. The summed E-state index contributed by atoms with van der Waals surface area (Å²) in [7, 11) is 0. The first-order valence-electron chi connectivity index (χ1n) is 5.82. The number of rotatable bonds is 2. The predicted molar refractivity (Wildman–Crippen MR) is 87.8 cm³/mol. The maximum atomic E-state index is 6.39. The van der Waals surface area contributed by atoms with Gasteiger partial charge in [0.25, 0.3) is 0 Å². The predicted octanol–water partition coefficient (Wildman–Crippen LogP) is 6.19. The van der Waals surface area contributed by atoms with E-state index in [9.17, 15) is 0 Å². The topological polar surface area (TPSA) is 26.0 Å². The highest BCUT2D eigenvalue weighted by Crippen LogP contribution is 2.36. The first kappa shape index (κ1) is 13.9. The van der Waals surface area contributed by atoms with Crippen LogP contribution in [0, 0.1) is 0 Å². The van der Waals surface area contributed by atoms with Gasteiger partial charge in [0.2, 0.25) is 0 Å². The van der Waals surface area contributed by atoms with E-state index in [2.05, 4.69) is 37.0 Å². The minimum Gasteiger partial charge on any atom is -0.354 e.